The summed E-state index contributed by atoms with van der Waals surface area (Å²) in [5.41, 5.74) is 0.309. The van der Waals surface area contributed by atoms with Crippen LogP contribution in [0.1, 0.15) is 19.3 Å². The number of carboxylic acid groups (broad SMARTS) is 3. The van der Waals surface area contributed by atoms with Gasteiger partial charge >= 0.3 is 11.9 Å². The molecule has 1 saturated heterocycles. The molecule has 2 aliphatic heterocycles. The first-order valence-electron chi connectivity index (χ1n) is 6.83. The number of nitrogens with one attached hydrogen (secondary N) is 1. The third-order valence-electron chi connectivity index (χ3n) is 3.67. The highest BCUT2D eigenvalue weighted by molar-refractivity contribution is 5.89. The molecule has 0 aromatic rings. The van der Waals surface area contributed by atoms with Crippen LogP contribution < -0.4 is 10.4 Å². The molecule has 2 unspecified atom stereocenters. The quantitative estimate of drug-likeness (QED) is 0.529. The first kappa shape index (κ1) is 15.7. The highest BCUT2D eigenvalue weighted by Gasteiger charge is 2.29. The van der Waals surface area contributed by atoms with Gasteiger partial charge in [-0.05, 0) is 11.6 Å². The summed E-state index contributed by atoms with van der Waals surface area (Å²) in [6.07, 6.45) is 5.81. The lowest BCUT2D eigenvalue weighted by Crippen LogP contribution is -2.41. The highest BCUT2D eigenvalue weighted by Crippen LogP contribution is 2.17. The zero-order chi connectivity index (χ0) is 16.3. The maximum Gasteiger partial charge on any atom is 0.351 e. The zero-order valence-electron chi connectivity index (χ0n) is 11.7. The van der Waals surface area contributed by atoms with Gasteiger partial charge in [0.15, 0.2) is 12.3 Å². The maximum atomic E-state index is 11.1. The van der Waals surface area contributed by atoms with Gasteiger partial charge in [0, 0.05) is 25.3 Å². The van der Waals surface area contributed by atoms with Gasteiger partial charge in [-0.1, -0.05) is 0 Å². The standard InChI is InChI=1S/C14H16N2O6/c17-12(18)9-6-8(7-10(15-9)13(19)20)3-5-16-4-1-2-11(16)14(21)22/h3,5-6,10-11H,1-2,4,7H2,(H3,17,18,19,20,21,22). The topological polar surface area (TPSA) is 130 Å². The van der Waals surface area contributed by atoms with Crippen LogP contribution in [0, 0.1) is 0 Å². The lowest BCUT2D eigenvalue weighted by molar-refractivity contribution is -0.538. The van der Waals surface area contributed by atoms with E-state index >= 15 is 0 Å². The Bertz CT molecular complexity index is 604. The van der Waals surface area contributed by atoms with Crippen molar-refractivity contribution in [2.24, 2.45) is 0 Å². The molecular weight excluding hydrogens is 292 g/mol. The summed E-state index contributed by atoms with van der Waals surface area (Å²) in [5, 5.41) is 31.4. The molecule has 0 aromatic heterocycles. The third kappa shape index (κ3) is 3.51. The molecule has 0 aromatic carbocycles. The second-order valence-corrected chi connectivity index (χ2v) is 5.21. The van der Waals surface area contributed by atoms with E-state index in [1.165, 1.54) is 6.08 Å². The highest BCUT2D eigenvalue weighted by atomic mass is 16.4. The number of rotatable bonds is 4. The fourth-order valence-electron chi connectivity index (χ4n) is 2.56. The molecule has 2 heterocycles. The van der Waals surface area contributed by atoms with Crippen LogP contribution in [0.2, 0.25) is 0 Å². The van der Waals surface area contributed by atoms with Crippen LogP contribution in [-0.2, 0) is 14.4 Å². The molecule has 0 amide bonds. The van der Waals surface area contributed by atoms with Crippen molar-refractivity contribution in [1.29, 1.82) is 0 Å². The summed E-state index contributed by atoms with van der Waals surface area (Å²) in [4.78, 5) is 33.0. The number of hydrogen-bond donors (Lipinski definition) is 3. The molecule has 2 aliphatic rings. The molecule has 0 radical (unpaired) electrons. The Balaban J connectivity index is 2.25. The molecule has 2 rings (SSSR count). The van der Waals surface area contributed by atoms with Gasteiger partial charge in [-0.2, -0.15) is 0 Å². The van der Waals surface area contributed by atoms with Crippen LogP contribution in [0.3, 0.4) is 0 Å². The lowest BCUT2D eigenvalue weighted by Gasteiger charge is -2.21. The molecule has 2 atom stereocenters. The van der Waals surface area contributed by atoms with Crippen LogP contribution in [-0.4, -0.2) is 57.5 Å². The Morgan fingerprint density at radius 1 is 1.36 bits per heavy atom. The van der Waals surface area contributed by atoms with Gasteiger partial charge in [0.2, 0.25) is 0 Å². The molecule has 3 N–H and O–H groups in total. The molecule has 0 aliphatic carbocycles. The minimum Gasteiger partial charge on any atom is -0.543 e. The molecule has 0 saturated carbocycles. The van der Waals surface area contributed by atoms with Crippen LogP contribution in [0.4, 0.5) is 0 Å². The molecule has 8 nitrogen and oxygen atoms in total. The molecular formula is C14H16N2O6. The van der Waals surface area contributed by atoms with Crippen molar-refractivity contribution in [3.8, 4) is 0 Å². The van der Waals surface area contributed by atoms with E-state index in [4.69, 9.17) is 10.2 Å². The van der Waals surface area contributed by atoms with Crippen LogP contribution in [0.25, 0.3) is 0 Å². The predicted octanol–water partition coefficient (Wildman–Crippen LogP) is -1.68. The monoisotopic (exact) mass is 308 g/mol. The summed E-state index contributed by atoms with van der Waals surface area (Å²) >= 11 is 0. The van der Waals surface area contributed by atoms with E-state index in [1.54, 1.807) is 16.9 Å². The van der Waals surface area contributed by atoms with Gasteiger partial charge in [-0.3, -0.25) is 0 Å². The Kier molecular flexibility index (Phi) is 4.59. The number of nitrogens with zero attached hydrogens (tertiary/aromatic N) is 1. The largest absolute Gasteiger partial charge is 0.543 e. The average Bonchev–Trinajstić information content (AvgIpc) is 2.93. The van der Waals surface area contributed by atoms with E-state index in [1.807, 2.05) is 0 Å². The van der Waals surface area contributed by atoms with Crippen LogP contribution in [0.5, 0.6) is 0 Å². The summed E-state index contributed by atoms with van der Waals surface area (Å²) in [7, 11) is 0. The molecule has 0 bridgehead atoms. The van der Waals surface area contributed by atoms with Gasteiger partial charge in [-0.15, -0.1) is 0 Å². The van der Waals surface area contributed by atoms with Crippen molar-refractivity contribution in [3.63, 3.8) is 0 Å². The Morgan fingerprint density at radius 3 is 2.68 bits per heavy atom. The maximum absolute atomic E-state index is 11.1. The van der Waals surface area contributed by atoms with E-state index in [-0.39, 0.29) is 12.1 Å². The molecule has 118 valence electrons. The van der Waals surface area contributed by atoms with E-state index in [0.29, 0.717) is 18.5 Å². The Hall–Kier alpha value is -2.64. The number of hydrogen-bond acceptors (Lipinski definition) is 5. The first-order chi connectivity index (χ1) is 10.4. The minimum absolute atomic E-state index is 0.118. The van der Waals surface area contributed by atoms with Crippen molar-refractivity contribution in [1.82, 2.24) is 5.32 Å². The fraction of sp³-hybridized carbons (Fsp3) is 0.429. The van der Waals surface area contributed by atoms with Crippen LogP contribution in [0.15, 0.2) is 23.4 Å². The van der Waals surface area contributed by atoms with Gasteiger partial charge in [0.1, 0.15) is 24.3 Å². The normalized spacial score (nSPS) is 28.3. The summed E-state index contributed by atoms with van der Waals surface area (Å²) in [5.74, 6) is -3.54. The van der Waals surface area contributed by atoms with E-state index < -0.39 is 30.0 Å². The number of carbonyl (C=O) groups is 3. The summed E-state index contributed by atoms with van der Waals surface area (Å²) < 4.78 is 1.61. The van der Waals surface area contributed by atoms with E-state index in [0.717, 1.165) is 6.42 Å². The second kappa shape index (κ2) is 6.42. The molecule has 0 spiro atoms. The summed E-state index contributed by atoms with van der Waals surface area (Å²) in [6.45, 7) is 0.568. The fourth-order valence-corrected chi connectivity index (χ4v) is 2.56. The van der Waals surface area contributed by atoms with Gasteiger partial charge in [0.05, 0.1) is 0 Å². The van der Waals surface area contributed by atoms with Gasteiger partial charge in [-0.25, -0.2) is 14.2 Å². The number of aliphatic carboxylic acids is 3. The number of carboxylic acids is 3. The smallest absolute Gasteiger partial charge is 0.351 e. The van der Waals surface area contributed by atoms with Crippen LogP contribution >= 0.6 is 0 Å². The molecule has 1 fully saturated rings. The SMILES string of the molecule is O=C(O)C1=CC(=CC=[N+]2CCCC2C(=O)[O-])CC(C(=O)O)N1. The average molecular weight is 308 g/mol. The molecule has 22 heavy (non-hydrogen) atoms. The second-order valence-electron chi connectivity index (χ2n) is 5.21. The van der Waals surface area contributed by atoms with Crippen molar-refractivity contribution < 1.29 is 34.3 Å². The van der Waals surface area contributed by atoms with Gasteiger partial charge < -0.3 is 25.4 Å². The van der Waals surface area contributed by atoms with Crippen molar-refractivity contribution >= 4 is 24.1 Å². The van der Waals surface area contributed by atoms with Crippen molar-refractivity contribution in [2.75, 3.05) is 6.54 Å². The van der Waals surface area contributed by atoms with E-state index in [9.17, 15) is 19.5 Å². The van der Waals surface area contributed by atoms with Crippen molar-refractivity contribution in [3.05, 3.63) is 23.4 Å². The minimum atomic E-state index is -1.24. The number of carbonyl (C=O) groups excluding carboxylic acids is 1. The van der Waals surface area contributed by atoms with E-state index in [2.05, 4.69) is 5.32 Å². The number of allylic oxidation sites excluding steroid dienone is 2. The molecule has 8 heteroatoms. The first-order valence-corrected chi connectivity index (χ1v) is 6.83. The Labute approximate surface area is 126 Å². The predicted molar refractivity (Wildman–Crippen MR) is 72.2 cm³/mol. The third-order valence-corrected chi connectivity index (χ3v) is 3.67. The summed E-state index contributed by atoms with van der Waals surface area (Å²) in [6, 6.07) is -1.72. The lowest BCUT2D eigenvalue weighted by atomic mass is 10.00. The Morgan fingerprint density at radius 2 is 2.09 bits per heavy atom. The zero-order valence-corrected chi connectivity index (χ0v) is 11.7. The van der Waals surface area contributed by atoms with Crippen molar-refractivity contribution in [2.45, 2.75) is 31.3 Å². The van der Waals surface area contributed by atoms with Gasteiger partial charge in [0.25, 0.3) is 0 Å².